The fraction of sp³-hybridized carbons (Fsp3) is 0.130. The maximum absolute atomic E-state index is 13.2. The van der Waals surface area contributed by atoms with Crippen LogP contribution >= 0.6 is 22.7 Å². The number of aromatic nitrogens is 3. The van der Waals surface area contributed by atoms with Gasteiger partial charge in [-0.05, 0) is 30.7 Å². The molecule has 0 fully saturated rings. The number of thiophene rings is 1. The van der Waals surface area contributed by atoms with E-state index in [-0.39, 0.29) is 18.0 Å². The monoisotopic (exact) mass is 462 g/mol. The Morgan fingerprint density at radius 1 is 1.19 bits per heavy atom. The third-order valence-corrected chi connectivity index (χ3v) is 6.90. The average molecular weight is 463 g/mol. The molecule has 1 amide bonds. The number of anilines is 1. The third kappa shape index (κ3) is 3.76. The van der Waals surface area contributed by atoms with Crippen LogP contribution in [0, 0.1) is 6.92 Å². The molecule has 2 aromatic carbocycles. The summed E-state index contributed by atoms with van der Waals surface area (Å²) in [5.41, 5.74) is 3.46. The number of carbonyl (C=O) groups is 1. The summed E-state index contributed by atoms with van der Waals surface area (Å²) in [5, 5.41) is 5.71. The topological polar surface area (TPSA) is 86.1 Å². The molecule has 3 aromatic heterocycles. The van der Waals surface area contributed by atoms with Crippen LogP contribution in [0.5, 0.6) is 5.75 Å². The zero-order valence-corrected chi connectivity index (χ0v) is 18.9. The van der Waals surface area contributed by atoms with E-state index in [0.29, 0.717) is 15.3 Å². The minimum atomic E-state index is -0.341. The summed E-state index contributed by atoms with van der Waals surface area (Å²) < 4.78 is 7.46. The third-order valence-electron chi connectivity index (χ3n) is 5.08. The van der Waals surface area contributed by atoms with E-state index < -0.39 is 0 Å². The van der Waals surface area contributed by atoms with E-state index in [1.807, 2.05) is 54.8 Å². The normalized spacial score (nSPS) is 11.2. The van der Waals surface area contributed by atoms with Crippen molar-refractivity contribution in [1.82, 2.24) is 14.5 Å². The van der Waals surface area contributed by atoms with Crippen LogP contribution in [0.3, 0.4) is 0 Å². The van der Waals surface area contributed by atoms with E-state index in [1.165, 1.54) is 33.6 Å². The lowest BCUT2D eigenvalue weighted by molar-refractivity contribution is -0.116. The molecule has 32 heavy (non-hydrogen) atoms. The SMILES string of the molecule is COc1ccc2nc(NC(=O)Cn3cnc4scc(-c5ccc(C)cc5)c4c3=O)sc2c1. The minimum Gasteiger partial charge on any atom is -0.497 e. The van der Waals surface area contributed by atoms with Crippen LogP contribution < -0.4 is 15.6 Å². The molecule has 0 atom stereocenters. The number of ether oxygens (including phenoxy) is 1. The largest absolute Gasteiger partial charge is 0.497 e. The van der Waals surface area contributed by atoms with Crippen LogP contribution in [-0.4, -0.2) is 27.6 Å². The number of benzene rings is 2. The van der Waals surface area contributed by atoms with Gasteiger partial charge in [0.25, 0.3) is 5.56 Å². The smallest absolute Gasteiger partial charge is 0.263 e. The molecule has 5 aromatic rings. The summed E-state index contributed by atoms with van der Waals surface area (Å²) in [6.45, 7) is 1.87. The number of carbonyl (C=O) groups excluding carboxylic acids is 1. The minimum absolute atomic E-state index is 0.149. The van der Waals surface area contributed by atoms with Crippen molar-refractivity contribution in [3.63, 3.8) is 0 Å². The van der Waals surface area contributed by atoms with Crippen molar-refractivity contribution in [3.8, 4) is 16.9 Å². The van der Waals surface area contributed by atoms with E-state index in [0.717, 1.165) is 32.7 Å². The van der Waals surface area contributed by atoms with Gasteiger partial charge in [-0.1, -0.05) is 41.2 Å². The number of hydrogen-bond acceptors (Lipinski definition) is 7. The Hall–Kier alpha value is -3.56. The second-order valence-electron chi connectivity index (χ2n) is 7.27. The standard InChI is InChI=1S/C23H18N4O3S2/c1-13-3-5-14(6-4-13)16-11-31-21-20(16)22(29)27(12-24-21)10-19(28)26-23-25-17-8-7-15(30-2)9-18(17)32-23/h3-9,11-12H,10H2,1-2H3,(H,25,26,28). The first-order valence-corrected chi connectivity index (χ1v) is 11.5. The molecule has 1 N–H and O–H groups in total. The predicted molar refractivity (Wildman–Crippen MR) is 129 cm³/mol. The zero-order valence-electron chi connectivity index (χ0n) is 17.3. The molecule has 7 nitrogen and oxygen atoms in total. The Morgan fingerprint density at radius 2 is 2.00 bits per heavy atom. The fourth-order valence-electron chi connectivity index (χ4n) is 3.42. The molecular weight excluding hydrogens is 444 g/mol. The van der Waals surface area contributed by atoms with Crippen molar-refractivity contribution in [2.24, 2.45) is 0 Å². The Bertz CT molecular complexity index is 1520. The van der Waals surface area contributed by atoms with Crippen molar-refractivity contribution in [1.29, 1.82) is 0 Å². The molecule has 0 unspecified atom stereocenters. The molecule has 0 radical (unpaired) electrons. The molecule has 3 heterocycles. The quantitative estimate of drug-likeness (QED) is 0.410. The summed E-state index contributed by atoms with van der Waals surface area (Å²) in [6, 6.07) is 13.5. The van der Waals surface area contributed by atoms with E-state index in [1.54, 1.807) is 7.11 Å². The van der Waals surface area contributed by atoms with Gasteiger partial charge in [0.15, 0.2) is 5.13 Å². The number of hydrogen-bond donors (Lipinski definition) is 1. The Labute approximate surface area is 191 Å². The summed E-state index contributed by atoms with van der Waals surface area (Å²) in [4.78, 5) is 35.3. The van der Waals surface area contributed by atoms with Crippen LogP contribution in [-0.2, 0) is 11.3 Å². The zero-order chi connectivity index (χ0) is 22.2. The lowest BCUT2D eigenvalue weighted by Gasteiger charge is -2.06. The number of amides is 1. The van der Waals surface area contributed by atoms with E-state index in [9.17, 15) is 9.59 Å². The number of nitrogens with zero attached hydrogens (tertiary/aromatic N) is 3. The first-order chi connectivity index (χ1) is 15.5. The lowest BCUT2D eigenvalue weighted by Crippen LogP contribution is -2.27. The first kappa shape index (κ1) is 20.3. The molecule has 0 saturated carbocycles. The summed E-state index contributed by atoms with van der Waals surface area (Å²) in [6.07, 6.45) is 1.42. The van der Waals surface area contributed by atoms with Gasteiger partial charge in [0.2, 0.25) is 5.91 Å². The number of fused-ring (bicyclic) bond motifs is 2. The Morgan fingerprint density at radius 3 is 2.78 bits per heavy atom. The maximum Gasteiger partial charge on any atom is 0.263 e. The highest BCUT2D eigenvalue weighted by atomic mass is 32.1. The lowest BCUT2D eigenvalue weighted by atomic mass is 10.1. The van der Waals surface area contributed by atoms with Gasteiger partial charge in [-0.2, -0.15) is 0 Å². The summed E-state index contributed by atoms with van der Waals surface area (Å²) in [7, 11) is 1.60. The fourth-order valence-corrected chi connectivity index (χ4v) is 5.24. The molecular formula is C23H18N4O3S2. The van der Waals surface area contributed by atoms with Gasteiger partial charge >= 0.3 is 0 Å². The second kappa shape index (κ2) is 8.18. The van der Waals surface area contributed by atoms with Crippen molar-refractivity contribution in [3.05, 3.63) is 70.1 Å². The average Bonchev–Trinajstić information content (AvgIpc) is 3.39. The molecule has 0 spiro atoms. The van der Waals surface area contributed by atoms with Crippen LogP contribution in [0.2, 0.25) is 0 Å². The Kier molecular flexibility index (Phi) is 5.20. The van der Waals surface area contributed by atoms with Crippen LogP contribution in [0.15, 0.2) is 59.0 Å². The van der Waals surface area contributed by atoms with Crippen LogP contribution in [0.4, 0.5) is 5.13 Å². The number of aryl methyl sites for hydroxylation is 1. The first-order valence-electron chi connectivity index (χ1n) is 9.80. The molecule has 0 bridgehead atoms. The van der Waals surface area contributed by atoms with Gasteiger partial charge in [0, 0.05) is 10.9 Å². The van der Waals surface area contributed by atoms with Crippen molar-refractivity contribution < 1.29 is 9.53 Å². The van der Waals surface area contributed by atoms with Gasteiger partial charge in [-0.15, -0.1) is 11.3 Å². The molecule has 5 rings (SSSR count). The van der Waals surface area contributed by atoms with Gasteiger partial charge < -0.3 is 10.1 Å². The van der Waals surface area contributed by atoms with Gasteiger partial charge in [-0.3, -0.25) is 14.2 Å². The Balaban J connectivity index is 1.42. The molecule has 0 aliphatic rings. The van der Waals surface area contributed by atoms with E-state index in [4.69, 9.17) is 4.74 Å². The molecule has 0 saturated heterocycles. The second-order valence-corrected chi connectivity index (χ2v) is 9.16. The number of thiazole rings is 1. The van der Waals surface area contributed by atoms with E-state index in [2.05, 4.69) is 15.3 Å². The summed E-state index contributed by atoms with van der Waals surface area (Å²) >= 11 is 2.77. The van der Waals surface area contributed by atoms with E-state index >= 15 is 0 Å². The molecule has 9 heteroatoms. The number of methoxy groups -OCH3 is 1. The number of nitrogens with one attached hydrogen (secondary N) is 1. The maximum atomic E-state index is 13.2. The van der Waals surface area contributed by atoms with Crippen molar-refractivity contribution >= 4 is 54.1 Å². The van der Waals surface area contributed by atoms with Gasteiger partial charge in [-0.25, -0.2) is 9.97 Å². The van der Waals surface area contributed by atoms with Crippen molar-refractivity contribution in [2.45, 2.75) is 13.5 Å². The number of rotatable bonds is 5. The van der Waals surface area contributed by atoms with Gasteiger partial charge in [0.1, 0.15) is 17.1 Å². The van der Waals surface area contributed by atoms with Crippen LogP contribution in [0.25, 0.3) is 31.6 Å². The highest BCUT2D eigenvalue weighted by Gasteiger charge is 2.15. The van der Waals surface area contributed by atoms with Crippen molar-refractivity contribution in [2.75, 3.05) is 12.4 Å². The van der Waals surface area contributed by atoms with Crippen LogP contribution in [0.1, 0.15) is 5.56 Å². The summed E-state index contributed by atoms with van der Waals surface area (Å²) in [5.74, 6) is 0.386. The highest BCUT2D eigenvalue weighted by molar-refractivity contribution is 7.22. The molecule has 0 aliphatic carbocycles. The molecule has 0 aliphatic heterocycles. The van der Waals surface area contributed by atoms with Gasteiger partial charge in [0.05, 0.1) is 29.0 Å². The molecule has 160 valence electrons. The predicted octanol–water partition coefficient (Wildman–Crippen LogP) is 4.69. The highest BCUT2D eigenvalue weighted by Crippen LogP contribution is 2.31.